The van der Waals surface area contributed by atoms with Gasteiger partial charge in [-0.25, -0.2) is 0 Å². The Labute approximate surface area is 151 Å². The minimum Gasteiger partial charge on any atom is -0.352 e. The van der Waals surface area contributed by atoms with Crippen molar-refractivity contribution >= 4 is 28.2 Å². The summed E-state index contributed by atoms with van der Waals surface area (Å²) in [4.78, 5) is 26.7. The molecule has 1 heterocycles. The van der Waals surface area contributed by atoms with Crippen LogP contribution in [0.3, 0.4) is 0 Å². The van der Waals surface area contributed by atoms with Crippen LogP contribution in [0, 0.1) is 17.3 Å². The summed E-state index contributed by atoms with van der Waals surface area (Å²) in [5, 5.41) is 6.93. The van der Waals surface area contributed by atoms with E-state index in [1.807, 2.05) is 0 Å². The molecule has 1 aromatic heterocycles. The smallest absolute Gasteiger partial charge is 0.254 e. The average Bonchev–Trinajstić information content (AvgIpc) is 3.47. The number of amides is 2. The summed E-state index contributed by atoms with van der Waals surface area (Å²) >= 11 is 1.59. The summed E-state index contributed by atoms with van der Waals surface area (Å²) in [5.74, 6) is 0.874. The Hall–Kier alpha value is -1.40. The van der Waals surface area contributed by atoms with Crippen molar-refractivity contribution in [3.8, 4) is 0 Å². The highest BCUT2D eigenvalue weighted by molar-refractivity contribution is 7.17. The number of carbonyl (C=O) groups is 2. The molecule has 4 N–H and O–H groups in total. The molecule has 1 spiro atoms. The highest BCUT2D eigenvalue weighted by atomic mass is 32.1. The minimum absolute atomic E-state index is 0.0364. The lowest BCUT2D eigenvalue weighted by Crippen LogP contribution is -2.31. The van der Waals surface area contributed by atoms with E-state index in [2.05, 4.69) is 10.6 Å². The SMILES string of the molecule is N[C@H]1CCc2sc(NC(=O)C3CC34CC4)c(C(=O)NCC3CC3)c2C1. The van der Waals surface area contributed by atoms with Crippen LogP contribution in [0.15, 0.2) is 0 Å². The van der Waals surface area contributed by atoms with E-state index in [4.69, 9.17) is 5.73 Å². The number of thiophene rings is 1. The molecule has 5 nitrogen and oxygen atoms in total. The quantitative estimate of drug-likeness (QED) is 0.755. The lowest BCUT2D eigenvalue weighted by atomic mass is 9.91. The zero-order chi connectivity index (χ0) is 17.2. The van der Waals surface area contributed by atoms with Crippen LogP contribution < -0.4 is 16.4 Å². The fraction of sp³-hybridized carbons (Fsp3) is 0.684. The minimum atomic E-state index is -0.0364. The van der Waals surface area contributed by atoms with Crippen LogP contribution in [0.4, 0.5) is 5.00 Å². The summed E-state index contributed by atoms with van der Waals surface area (Å²) in [6, 6.07) is 0.110. The van der Waals surface area contributed by atoms with Gasteiger partial charge in [0.25, 0.3) is 5.91 Å². The molecule has 2 atom stereocenters. The number of carbonyl (C=O) groups excluding carboxylic acids is 2. The zero-order valence-electron chi connectivity index (χ0n) is 14.4. The molecule has 134 valence electrons. The molecule has 0 bridgehead atoms. The Kier molecular flexibility index (Phi) is 3.51. The highest BCUT2D eigenvalue weighted by Crippen LogP contribution is 2.70. The van der Waals surface area contributed by atoms with Gasteiger partial charge in [-0.1, -0.05) is 0 Å². The first kappa shape index (κ1) is 15.8. The van der Waals surface area contributed by atoms with E-state index < -0.39 is 0 Å². The highest BCUT2D eigenvalue weighted by Gasteiger charge is 2.65. The topological polar surface area (TPSA) is 84.2 Å². The first-order valence-electron chi connectivity index (χ1n) is 9.55. The standard InChI is InChI=1S/C19H25N3O2S/c20-11-3-4-14-12(7-11)15(17(24)21-9-10-1-2-10)18(25-14)22-16(23)13-8-19(13)5-6-19/h10-11,13H,1-9,20H2,(H,21,24)(H,22,23)/t11-,13?/m0/s1. The van der Waals surface area contributed by atoms with Crippen LogP contribution in [0.2, 0.25) is 0 Å². The van der Waals surface area contributed by atoms with E-state index in [1.54, 1.807) is 11.3 Å². The second kappa shape index (κ2) is 5.55. The molecular weight excluding hydrogens is 334 g/mol. The van der Waals surface area contributed by atoms with Gasteiger partial charge in [-0.15, -0.1) is 11.3 Å². The van der Waals surface area contributed by atoms with Crippen molar-refractivity contribution in [3.63, 3.8) is 0 Å². The zero-order valence-corrected chi connectivity index (χ0v) is 15.2. The van der Waals surface area contributed by atoms with Gasteiger partial charge >= 0.3 is 0 Å². The molecule has 1 unspecified atom stereocenters. The first-order chi connectivity index (χ1) is 12.1. The predicted octanol–water partition coefficient (Wildman–Crippen LogP) is 2.44. The van der Waals surface area contributed by atoms with Crippen LogP contribution >= 0.6 is 11.3 Å². The lowest BCUT2D eigenvalue weighted by Gasteiger charge is -2.19. The van der Waals surface area contributed by atoms with Gasteiger partial charge in [0.05, 0.1) is 5.56 Å². The molecule has 0 aliphatic heterocycles. The Morgan fingerprint density at radius 2 is 2.04 bits per heavy atom. The number of fused-ring (bicyclic) bond motifs is 1. The maximum absolute atomic E-state index is 12.8. The number of rotatable bonds is 5. The van der Waals surface area contributed by atoms with Crippen molar-refractivity contribution in [1.29, 1.82) is 0 Å². The van der Waals surface area contributed by atoms with E-state index in [1.165, 1.54) is 30.6 Å². The van der Waals surface area contributed by atoms with Crippen LogP contribution in [0.1, 0.15) is 59.3 Å². The molecule has 5 rings (SSSR count). The second-order valence-electron chi connectivity index (χ2n) is 8.47. The van der Waals surface area contributed by atoms with Crippen LogP contribution in [0.25, 0.3) is 0 Å². The van der Waals surface area contributed by atoms with E-state index in [0.29, 0.717) is 16.9 Å². The van der Waals surface area contributed by atoms with Crippen LogP contribution in [0.5, 0.6) is 0 Å². The molecule has 0 radical (unpaired) electrons. The Balaban J connectivity index is 1.39. The summed E-state index contributed by atoms with van der Waals surface area (Å²) in [6.45, 7) is 0.745. The molecule has 3 fully saturated rings. The summed E-state index contributed by atoms with van der Waals surface area (Å²) in [7, 11) is 0. The van der Waals surface area contributed by atoms with Gasteiger partial charge < -0.3 is 16.4 Å². The number of aryl methyl sites for hydroxylation is 1. The first-order valence-corrected chi connectivity index (χ1v) is 10.4. The largest absolute Gasteiger partial charge is 0.352 e. The molecule has 4 aliphatic rings. The molecule has 25 heavy (non-hydrogen) atoms. The number of hydrogen-bond donors (Lipinski definition) is 3. The Morgan fingerprint density at radius 1 is 1.24 bits per heavy atom. The van der Waals surface area contributed by atoms with E-state index in [9.17, 15) is 9.59 Å². The molecule has 2 amide bonds. The summed E-state index contributed by atoms with van der Waals surface area (Å²) < 4.78 is 0. The van der Waals surface area contributed by atoms with Crippen LogP contribution in [-0.4, -0.2) is 24.4 Å². The number of anilines is 1. The van der Waals surface area contributed by atoms with Gasteiger partial charge in [0.2, 0.25) is 5.91 Å². The fourth-order valence-corrected chi connectivity index (χ4v) is 5.46. The van der Waals surface area contributed by atoms with Gasteiger partial charge in [-0.2, -0.15) is 0 Å². The van der Waals surface area contributed by atoms with Crippen molar-refractivity contribution in [2.75, 3.05) is 11.9 Å². The third kappa shape index (κ3) is 2.89. The van der Waals surface area contributed by atoms with Crippen molar-refractivity contribution in [1.82, 2.24) is 5.32 Å². The molecule has 0 aromatic carbocycles. The molecular formula is C19H25N3O2S. The molecule has 3 saturated carbocycles. The third-order valence-corrected chi connectivity index (χ3v) is 7.62. The fourth-order valence-electron chi connectivity index (χ4n) is 4.22. The Morgan fingerprint density at radius 3 is 2.72 bits per heavy atom. The molecule has 1 aromatic rings. The third-order valence-electron chi connectivity index (χ3n) is 6.41. The maximum atomic E-state index is 12.8. The van der Waals surface area contributed by atoms with Crippen molar-refractivity contribution < 1.29 is 9.59 Å². The second-order valence-corrected chi connectivity index (χ2v) is 9.58. The molecule has 6 heteroatoms. The average molecular weight is 359 g/mol. The number of hydrogen-bond acceptors (Lipinski definition) is 4. The predicted molar refractivity (Wildman–Crippen MR) is 97.8 cm³/mol. The summed E-state index contributed by atoms with van der Waals surface area (Å²) in [5.41, 5.74) is 8.24. The Bertz CT molecular complexity index is 748. The number of nitrogens with two attached hydrogens (primary N) is 1. The van der Waals surface area contributed by atoms with Crippen molar-refractivity contribution in [3.05, 3.63) is 16.0 Å². The van der Waals surface area contributed by atoms with Gasteiger partial charge in [-0.3, -0.25) is 9.59 Å². The monoisotopic (exact) mass is 359 g/mol. The van der Waals surface area contributed by atoms with Crippen molar-refractivity contribution in [2.45, 2.75) is 57.4 Å². The van der Waals surface area contributed by atoms with E-state index in [0.717, 1.165) is 42.8 Å². The number of nitrogens with one attached hydrogen (secondary N) is 2. The van der Waals surface area contributed by atoms with Crippen molar-refractivity contribution in [2.24, 2.45) is 23.0 Å². The van der Waals surface area contributed by atoms with Gasteiger partial charge in [0.1, 0.15) is 5.00 Å². The lowest BCUT2D eigenvalue weighted by molar-refractivity contribution is -0.117. The van der Waals surface area contributed by atoms with E-state index >= 15 is 0 Å². The molecule has 4 aliphatic carbocycles. The summed E-state index contributed by atoms with van der Waals surface area (Å²) in [6.07, 6.45) is 8.42. The van der Waals surface area contributed by atoms with Crippen LogP contribution in [-0.2, 0) is 17.6 Å². The van der Waals surface area contributed by atoms with E-state index in [-0.39, 0.29) is 23.8 Å². The maximum Gasteiger partial charge on any atom is 0.254 e. The van der Waals surface area contributed by atoms with Gasteiger partial charge in [0.15, 0.2) is 0 Å². The van der Waals surface area contributed by atoms with Gasteiger partial charge in [0, 0.05) is 23.4 Å². The normalized spacial score (nSPS) is 28.4. The van der Waals surface area contributed by atoms with Gasteiger partial charge in [-0.05, 0) is 68.3 Å². The molecule has 0 saturated heterocycles.